The van der Waals surface area contributed by atoms with Gasteiger partial charge in [0.1, 0.15) is 16.9 Å². The monoisotopic (exact) mass is 422 g/mol. The fourth-order valence-corrected chi connectivity index (χ4v) is 3.73. The summed E-state index contributed by atoms with van der Waals surface area (Å²) in [4.78, 5) is 23.6. The molecule has 0 spiro atoms. The van der Waals surface area contributed by atoms with Crippen LogP contribution in [0.2, 0.25) is 0 Å². The second kappa shape index (κ2) is 7.02. The third-order valence-electron chi connectivity index (χ3n) is 5.41. The maximum absolute atomic E-state index is 5.22. The number of rotatable bonds is 4. The molecule has 0 aliphatic rings. The number of anilines is 1. The lowest BCUT2D eigenvalue weighted by molar-refractivity contribution is 0.568. The summed E-state index contributed by atoms with van der Waals surface area (Å²) in [5.41, 5.74) is 7.59. The zero-order chi connectivity index (χ0) is 21.7. The molecule has 156 valence electrons. The summed E-state index contributed by atoms with van der Waals surface area (Å²) < 4.78 is 5.22. The quantitative estimate of drug-likeness (QED) is 0.436. The fraction of sp³-hybridized carbons (Fsp3) is 0.0870. The van der Waals surface area contributed by atoms with Crippen LogP contribution in [0.25, 0.3) is 56.0 Å². The summed E-state index contributed by atoms with van der Waals surface area (Å²) in [5, 5.41) is 8.37. The molecule has 0 unspecified atom stereocenters. The maximum Gasteiger partial charge on any atom is 0.159 e. The summed E-state index contributed by atoms with van der Waals surface area (Å²) in [6.07, 6.45) is 10.5. The van der Waals surface area contributed by atoms with Gasteiger partial charge in [0.2, 0.25) is 0 Å². The first-order chi connectivity index (χ1) is 15.7. The van der Waals surface area contributed by atoms with E-state index < -0.39 is 0 Å². The summed E-state index contributed by atoms with van der Waals surface area (Å²) >= 11 is 0. The molecule has 0 saturated carbocycles. The van der Waals surface area contributed by atoms with Crippen LogP contribution in [0, 0.1) is 0 Å². The molecule has 0 aromatic carbocycles. The van der Waals surface area contributed by atoms with Crippen molar-refractivity contribution in [1.82, 2.24) is 35.1 Å². The first kappa shape index (κ1) is 18.3. The van der Waals surface area contributed by atoms with Crippen molar-refractivity contribution in [2.45, 2.75) is 0 Å². The lowest BCUT2D eigenvalue weighted by Gasteiger charge is -2.12. The first-order valence-electron chi connectivity index (χ1n) is 10.0. The minimum absolute atomic E-state index is 0.642. The number of fused-ring (bicyclic) bond motifs is 2. The summed E-state index contributed by atoms with van der Waals surface area (Å²) in [5.74, 6) is 0.642. The number of imidazole rings is 1. The molecule has 6 aromatic heterocycles. The van der Waals surface area contributed by atoms with E-state index in [1.165, 1.54) is 0 Å². The standard InChI is InChI=1S/C23H18N8O/c1-31(2)16-7-14(9-24-11-16)15-8-17-20(29-30-22(17)26-10-15)23-27-18-3-5-25-19(21(18)28-23)13-4-6-32-12-13/h3-12H,1-2H3,(H,27,28)(H,26,29,30). The van der Waals surface area contributed by atoms with Crippen molar-refractivity contribution in [3.05, 3.63) is 61.6 Å². The number of nitrogens with one attached hydrogen (secondary N) is 2. The molecule has 6 aromatic rings. The van der Waals surface area contributed by atoms with E-state index in [1.807, 2.05) is 49.7 Å². The summed E-state index contributed by atoms with van der Waals surface area (Å²) in [6, 6.07) is 7.90. The molecule has 2 N–H and O–H groups in total. The molecule has 32 heavy (non-hydrogen) atoms. The molecule has 9 heteroatoms. The smallest absolute Gasteiger partial charge is 0.159 e. The van der Waals surface area contributed by atoms with E-state index in [4.69, 9.17) is 9.40 Å². The predicted molar refractivity (Wildman–Crippen MR) is 122 cm³/mol. The number of hydrogen-bond acceptors (Lipinski definition) is 7. The molecule has 6 rings (SSSR count). The predicted octanol–water partition coefficient (Wildman–Crippen LogP) is 4.28. The highest BCUT2D eigenvalue weighted by atomic mass is 16.3. The number of furan rings is 1. The normalized spacial score (nSPS) is 11.4. The number of aromatic amines is 2. The molecule has 0 amide bonds. The molecule has 0 saturated heterocycles. The lowest BCUT2D eigenvalue weighted by atomic mass is 10.1. The maximum atomic E-state index is 5.22. The van der Waals surface area contributed by atoms with Crippen molar-refractivity contribution in [2.24, 2.45) is 0 Å². The van der Waals surface area contributed by atoms with Gasteiger partial charge >= 0.3 is 0 Å². The van der Waals surface area contributed by atoms with Crippen molar-refractivity contribution in [1.29, 1.82) is 0 Å². The Morgan fingerprint density at radius 3 is 2.69 bits per heavy atom. The van der Waals surface area contributed by atoms with E-state index in [1.54, 1.807) is 18.7 Å². The van der Waals surface area contributed by atoms with Gasteiger partial charge < -0.3 is 14.3 Å². The van der Waals surface area contributed by atoms with E-state index in [0.29, 0.717) is 17.2 Å². The van der Waals surface area contributed by atoms with E-state index in [9.17, 15) is 0 Å². The van der Waals surface area contributed by atoms with Gasteiger partial charge in [0.05, 0.1) is 35.3 Å². The van der Waals surface area contributed by atoms with Crippen LogP contribution in [0.5, 0.6) is 0 Å². The van der Waals surface area contributed by atoms with Crippen molar-refractivity contribution < 1.29 is 4.42 Å². The largest absolute Gasteiger partial charge is 0.472 e. The first-order valence-corrected chi connectivity index (χ1v) is 10.0. The Labute approximate surface area is 182 Å². The molecule has 0 fully saturated rings. The zero-order valence-electron chi connectivity index (χ0n) is 17.4. The van der Waals surface area contributed by atoms with Crippen LogP contribution in [-0.4, -0.2) is 49.2 Å². The molecular formula is C23H18N8O. The molecular weight excluding hydrogens is 404 g/mol. The van der Waals surface area contributed by atoms with Gasteiger partial charge in [-0.15, -0.1) is 0 Å². The molecule has 0 aliphatic carbocycles. The van der Waals surface area contributed by atoms with Gasteiger partial charge in [-0.1, -0.05) is 0 Å². The Morgan fingerprint density at radius 1 is 0.938 bits per heavy atom. The van der Waals surface area contributed by atoms with Crippen molar-refractivity contribution in [3.63, 3.8) is 0 Å². The van der Waals surface area contributed by atoms with Crippen LogP contribution < -0.4 is 4.90 Å². The molecule has 0 aliphatic heterocycles. The highest BCUT2D eigenvalue weighted by molar-refractivity contribution is 5.96. The molecule has 9 nitrogen and oxygen atoms in total. The van der Waals surface area contributed by atoms with Gasteiger partial charge in [0, 0.05) is 49.4 Å². The van der Waals surface area contributed by atoms with E-state index in [0.717, 1.165) is 44.5 Å². The van der Waals surface area contributed by atoms with Crippen LogP contribution >= 0.6 is 0 Å². The van der Waals surface area contributed by atoms with Crippen molar-refractivity contribution in [2.75, 3.05) is 19.0 Å². The van der Waals surface area contributed by atoms with E-state index >= 15 is 0 Å². The van der Waals surface area contributed by atoms with Gasteiger partial charge in [-0.3, -0.25) is 15.1 Å². The van der Waals surface area contributed by atoms with E-state index in [2.05, 4.69) is 42.3 Å². The third kappa shape index (κ3) is 2.90. The van der Waals surface area contributed by atoms with Gasteiger partial charge in [-0.25, -0.2) is 9.97 Å². The van der Waals surface area contributed by atoms with Crippen LogP contribution in [-0.2, 0) is 0 Å². The van der Waals surface area contributed by atoms with Gasteiger partial charge in [-0.2, -0.15) is 5.10 Å². The Balaban J connectivity index is 1.49. The average molecular weight is 422 g/mol. The second-order valence-electron chi connectivity index (χ2n) is 7.67. The van der Waals surface area contributed by atoms with Gasteiger partial charge in [0.25, 0.3) is 0 Å². The SMILES string of the molecule is CN(C)c1cncc(-c2cnc3[nH]nc(-c4nc5c(-c6ccoc6)nccc5[nH]4)c3c2)c1. The van der Waals surface area contributed by atoms with Gasteiger partial charge in [-0.05, 0) is 24.3 Å². The Hall–Kier alpha value is -4.53. The van der Waals surface area contributed by atoms with Crippen LogP contribution in [0.15, 0.2) is 66.0 Å². The molecule has 6 heterocycles. The topological polar surface area (TPSA) is 112 Å². The Morgan fingerprint density at radius 2 is 1.84 bits per heavy atom. The lowest BCUT2D eigenvalue weighted by Crippen LogP contribution is -2.08. The Bertz CT molecular complexity index is 1560. The highest BCUT2D eigenvalue weighted by Gasteiger charge is 2.17. The van der Waals surface area contributed by atoms with Crippen molar-refractivity contribution in [3.8, 4) is 33.9 Å². The molecule has 0 atom stereocenters. The molecule has 0 bridgehead atoms. The van der Waals surface area contributed by atoms with Gasteiger partial charge in [0.15, 0.2) is 11.5 Å². The highest BCUT2D eigenvalue weighted by Crippen LogP contribution is 2.32. The van der Waals surface area contributed by atoms with Crippen LogP contribution in [0.1, 0.15) is 0 Å². The third-order valence-corrected chi connectivity index (χ3v) is 5.41. The van der Waals surface area contributed by atoms with Crippen LogP contribution in [0.4, 0.5) is 5.69 Å². The summed E-state index contributed by atoms with van der Waals surface area (Å²) in [7, 11) is 3.98. The average Bonchev–Trinajstić information content (AvgIpc) is 3.57. The minimum atomic E-state index is 0.642. The molecule has 0 radical (unpaired) electrons. The number of hydrogen-bond donors (Lipinski definition) is 2. The number of aromatic nitrogens is 7. The van der Waals surface area contributed by atoms with E-state index in [-0.39, 0.29) is 0 Å². The minimum Gasteiger partial charge on any atom is -0.472 e. The van der Waals surface area contributed by atoms with Crippen LogP contribution in [0.3, 0.4) is 0 Å². The fourth-order valence-electron chi connectivity index (χ4n) is 3.73. The summed E-state index contributed by atoms with van der Waals surface area (Å²) in [6.45, 7) is 0. The number of nitrogens with zero attached hydrogens (tertiary/aromatic N) is 6. The zero-order valence-corrected chi connectivity index (χ0v) is 17.4. The Kier molecular flexibility index (Phi) is 4.00. The van der Waals surface area contributed by atoms with Crippen molar-refractivity contribution >= 4 is 27.8 Å². The number of pyridine rings is 3. The second-order valence-corrected chi connectivity index (χ2v) is 7.67. The number of H-pyrrole nitrogens is 2.